The summed E-state index contributed by atoms with van der Waals surface area (Å²) in [5.74, 6) is 3.03. The van der Waals surface area contributed by atoms with Crippen molar-refractivity contribution < 1.29 is 4.79 Å². The molecule has 1 saturated carbocycles. The lowest BCUT2D eigenvalue weighted by Crippen LogP contribution is -2.51. The molecular formula is C30H47N7O. The van der Waals surface area contributed by atoms with E-state index in [1.807, 2.05) is 0 Å². The Morgan fingerprint density at radius 2 is 1.84 bits per heavy atom. The monoisotopic (exact) mass is 521 g/mol. The molecule has 1 aromatic carbocycles. The molecule has 1 saturated heterocycles. The van der Waals surface area contributed by atoms with Gasteiger partial charge in [-0.25, -0.2) is 0 Å². The number of aliphatic imine (C=N–C) groups is 1. The Morgan fingerprint density at radius 1 is 1.11 bits per heavy atom. The van der Waals surface area contributed by atoms with Crippen LogP contribution in [-0.2, 0) is 4.79 Å². The molecule has 1 aromatic rings. The van der Waals surface area contributed by atoms with E-state index in [0.29, 0.717) is 25.6 Å². The molecule has 1 unspecified atom stereocenters. The maximum atomic E-state index is 13.0. The van der Waals surface area contributed by atoms with Gasteiger partial charge in [-0.1, -0.05) is 32.0 Å². The van der Waals surface area contributed by atoms with Crippen molar-refractivity contribution in [3.05, 3.63) is 29.8 Å². The number of hydrogen-bond donors (Lipinski definition) is 4. The summed E-state index contributed by atoms with van der Waals surface area (Å²) in [6.07, 6.45) is 10.0. The van der Waals surface area contributed by atoms with Gasteiger partial charge in [-0.2, -0.15) is 0 Å². The number of hydrogen-bond acceptors (Lipinski definition) is 5. The first kappa shape index (κ1) is 27.0. The van der Waals surface area contributed by atoms with Crippen LogP contribution in [0.1, 0.15) is 83.1 Å². The molecular weight excluding hydrogens is 474 g/mol. The highest BCUT2D eigenvalue weighted by molar-refractivity contribution is 6.10. The highest BCUT2D eigenvalue weighted by Crippen LogP contribution is 2.43. The fourth-order valence-corrected chi connectivity index (χ4v) is 7.29. The molecule has 208 valence electrons. The zero-order valence-corrected chi connectivity index (χ0v) is 23.3. The van der Waals surface area contributed by atoms with Crippen LogP contribution in [0.15, 0.2) is 29.3 Å². The van der Waals surface area contributed by atoms with Crippen molar-refractivity contribution in [2.45, 2.75) is 95.7 Å². The summed E-state index contributed by atoms with van der Waals surface area (Å²) >= 11 is 0. The number of piperidine rings is 1. The zero-order chi connectivity index (χ0) is 26.6. The van der Waals surface area contributed by atoms with Gasteiger partial charge in [-0.15, -0.1) is 0 Å². The lowest BCUT2D eigenvalue weighted by Gasteiger charge is -2.44. The van der Waals surface area contributed by atoms with Crippen LogP contribution in [0.5, 0.6) is 0 Å². The number of carbonyl (C=O) groups excluding carboxylic acids is 1. The van der Waals surface area contributed by atoms with E-state index in [0.717, 1.165) is 62.5 Å². The van der Waals surface area contributed by atoms with Gasteiger partial charge in [0.2, 0.25) is 5.91 Å². The van der Waals surface area contributed by atoms with E-state index in [9.17, 15) is 4.79 Å². The van der Waals surface area contributed by atoms with Crippen LogP contribution < -0.4 is 21.3 Å². The fourth-order valence-electron chi connectivity index (χ4n) is 7.29. The van der Waals surface area contributed by atoms with Gasteiger partial charge in [0, 0.05) is 49.9 Å². The van der Waals surface area contributed by atoms with Crippen molar-refractivity contribution in [1.29, 1.82) is 5.41 Å². The number of nitrogens with one attached hydrogen (secondary N) is 3. The van der Waals surface area contributed by atoms with Crippen LogP contribution in [0.25, 0.3) is 0 Å². The second-order valence-corrected chi connectivity index (χ2v) is 12.1. The SMILES string of the molecule is CC(C)C1CCC(N2CCC(N3/C4=N/[C@@H](CCCNC(=N)N)C(=O)NCCC4c4ccccc43)CC2)CC1. The topological polar surface area (TPSA) is 110 Å². The van der Waals surface area contributed by atoms with Gasteiger partial charge in [0.25, 0.3) is 0 Å². The molecule has 0 aromatic heterocycles. The highest BCUT2D eigenvalue weighted by atomic mass is 16.2. The average Bonchev–Trinajstić information content (AvgIpc) is 3.21. The van der Waals surface area contributed by atoms with E-state index in [1.165, 1.54) is 36.9 Å². The van der Waals surface area contributed by atoms with Crippen molar-refractivity contribution in [3.63, 3.8) is 0 Å². The first-order valence-corrected chi connectivity index (χ1v) is 15.0. The molecule has 3 aliphatic heterocycles. The minimum Gasteiger partial charge on any atom is -0.370 e. The van der Waals surface area contributed by atoms with Crippen LogP contribution >= 0.6 is 0 Å². The maximum absolute atomic E-state index is 13.0. The standard InChI is InChI=1S/C30H47N7O/c1-20(2)21-9-11-22(12-10-21)36-18-14-23(15-19-36)37-27-8-4-3-6-24(27)25-13-17-33-29(38)26(35-28(25)37)7-5-16-34-30(31)32/h3-4,6,8,20-23,25-26H,5,7,9-19H2,1-2H3,(H,33,38)(H4,31,32,34)/b35-28+/t21?,22?,25?,26-/m0/s1. The number of fused-ring (bicyclic) bond motifs is 3. The van der Waals surface area contributed by atoms with E-state index < -0.39 is 6.04 Å². The van der Waals surface area contributed by atoms with E-state index in [1.54, 1.807) is 0 Å². The molecule has 4 aliphatic rings. The summed E-state index contributed by atoms with van der Waals surface area (Å²) in [6.45, 7) is 8.32. The molecule has 0 radical (unpaired) electrons. The number of likely N-dealkylation sites (tertiary alicyclic amines) is 1. The molecule has 0 spiro atoms. The van der Waals surface area contributed by atoms with Crippen molar-refractivity contribution >= 4 is 23.4 Å². The summed E-state index contributed by atoms with van der Waals surface area (Å²) < 4.78 is 0. The normalized spacial score (nSPS) is 30.0. The summed E-state index contributed by atoms with van der Waals surface area (Å²) in [7, 11) is 0. The Balaban J connectivity index is 1.31. The number of carbonyl (C=O) groups is 1. The maximum Gasteiger partial charge on any atom is 0.244 e. The molecule has 1 aliphatic carbocycles. The van der Waals surface area contributed by atoms with Gasteiger partial charge in [0.05, 0.1) is 0 Å². The predicted octanol–water partition coefficient (Wildman–Crippen LogP) is 3.82. The third kappa shape index (κ3) is 5.85. The van der Waals surface area contributed by atoms with E-state index in [2.05, 4.69) is 58.5 Å². The average molecular weight is 522 g/mol. The quantitative estimate of drug-likeness (QED) is 0.248. The van der Waals surface area contributed by atoms with Gasteiger partial charge < -0.3 is 26.2 Å². The van der Waals surface area contributed by atoms with Crippen molar-refractivity contribution in [2.75, 3.05) is 31.1 Å². The van der Waals surface area contributed by atoms with Crippen molar-refractivity contribution in [1.82, 2.24) is 15.5 Å². The number of amides is 1. The van der Waals surface area contributed by atoms with E-state index in [4.69, 9.17) is 16.1 Å². The number of nitrogens with zero attached hydrogens (tertiary/aromatic N) is 3. The first-order valence-electron chi connectivity index (χ1n) is 15.0. The Bertz CT molecular complexity index is 1010. The lowest BCUT2D eigenvalue weighted by molar-refractivity contribution is -0.122. The van der Waals surface area contributed by atoms with Crippen molar-refractivity contribution in [2.24, 2.45) is 22.6 Å². The third-order valence-corrected chi connectivity index (χ3v) is 9.49. The summed E-state index contributed by atoms with van der Waals surface area (Å²) in [5.41, 5.74) is 8.08. The number of amidine groups is 1. The Morgan fingerprint density at radius 3 is 2.55 bits per heavy atom. The number of para-hydroxylation sites is 1. The van der Waals surface area contributed by atoms with Gasteiger partial charge in [0.15, 0.2) is 5.96 Å². The van der Waals surface area contributed by atoms with Crippen molar-refractivity contribution in [3.8, 4) is 0 Å². The van der Waals surface area contributed by atoms with Crippen LogP contribution in [0.4, 0.5) is 5.69 Å². The molecule has 38 heavy (non-hydrogen) atoms. The number of guanidine groups is 1. The summed E-state index contributed by atoms with van der Waals surface area (Å²) in [6, 6.07) is 9.55. The molecule has 0 bridgehead atoms. The smallest absolute Gasteiger partial charge is 0.244 e. The lowest BCUT2D eigenvalue weighted by atomic mass is 9.79. The fraction of sp³-hybridized carbons (Fsp3) is 0.700. The van der Waals surface area contributed by atoms with Gasteiger partial charge in [0.1, 0.15) is 11.9 Å². The molecule has 8 nitrogen and oxygen atoms in total. The van der Waals surface area contributed by atoms with Crippen LogP contribution in [0, 0.1) is 17.2 Å². The summed E-state index contributed by atoms with van der Waals surface area (Å²) in [4.78, 5) is 23.5. The first-order chi connectivity index (χ1) is 18.4. The van der Waals surface area contributed by atoms with Crippen LogP contribution in [-0.4, -0.2) is 66.9 Å². The molecule has 2 fully saturated rings. The number of benzene rings is 1. The molecule has 5 N–H and O–H groups in total. The van der Waals surface area contributed by atoms with Gasteiger partial charge in [-0.05, 0) is 81.3 Å². The van der Waals surface area contributed by atoms with E-state index >= 15 is 0 Å². The molecule has 3 heterocycles. The largest absolute Gasteiger partial charge is 0.370 e. The second-order valence-electron chi connectivity index (χ2n) is 12.1. The number of nitrogens with two attached hydrogens (primary N) is 1. The molecule has 8 heteroatoms. The van der Waals surface area contributed by atoms with Crippen LogP contribution in [0.3, 0.4) is 0 Å². The minimum atomic E-state index is -0.408. The van der Waals surface area contributed by atoms with Gasteiger partial charge in [-0.3, -0.25) is 15.2 Å². The highest BCUT2D eigenvalue weighted by Gasteiger charge is 2.42. The molecule has 2 atom stereocenters. The number of rotatable bonds is 7. The molecule has 5 rings (SSSR count). The van der Waals surface area contributed by atoms with Crippen LogP contribution in [0.2, 0.25) is 0 Å². The Labute approximate surface area is 228 Å². The zero-order valence-electron chi connectivity index (χ0n) is 23.3. The summed E-state index contributed by atoms with van der Waals surface area (Å²) in [5, 5.41) is 13.4. The third-order valence-electron chi connectivity index (χ3n) is 9.49. The minimum absolute atomic E-state index is 0.0153. The molecule has 1 amide bonds. The number of anilines is 1. The second kappa shape index (κ2) is 12.1. The predicted molar refractivity (Wildman–Crippen MR) is 155 cm³/mol. The van der Waals surface area contributed by atoms with E-state index in [-0.39, 0.29) is 17.8 Å². The van der Waals surface area contributed by atoms with Gasteiger partial charge >= 0.3 is 0 Å². The Hall–Kier alpha value is -2.61. The Kier molecular flexibility index (Phi) is 8.56.